The minimum Gasteiger partial charge on any atom is -0.273 e. The molecule has 0 N–H and O–H groups in total. The molecule has 0 fully saturated rings. The summed E-state index contributed by atoms with van der Waals surface area (Å²) in [5.74, 6) is 0.294. The summed E-state index contributed by atoms with van der Waals surface area (Å²) < 4.78 is 27.4. The standard InChI is InChI=1S/C13H19N5O2S/c1-11(2)12-5-4-6-13(9-12)17(3)21(19,20)8-7-18-10-14-15-16-18/h4-6,9-11H,7-8H2,1-3H3. The lowest BCUT2D eigenvalue weighted by molar-refractivity contribution is 0.573. The molecule has 0 radical (unpaired) electrons. The van der Waals surface area contributed by atoms with Gasteiger partial charge in [0.25, 0.3) is 0 Å². The second-order valence-corrected chi connectivity index (χ2v) is 7.23. The summed E-state index contributed by atoms with van der Waals surface area (Å²) in [5, 5.41) is 10.6. The van der Waals surface area contributed by atoms with Crippen LogP contribution in [0.2, 0.25) is 0 Å². The van der Waals surface area contributed by atoms with Gasteiger partial charge < -0.3 is 0 Å². The third kappa shape index (κ3) is 3.78. The lowest BCUT2D eigenvalue weighted by Crippen LogP contribution is -2.30. The second kappa shape index (κ2) is 6.21. The first-order valence-corrected chi connectivity index (χ1v) is 8.28. The van der Waals surface area contributed by atoms with Crippen molar-refractivity contribution in [1.82, 2.24) is 20.2 Å². The van der Waals surface area contributed by atoms with Crippen LogP contribution >= 0.6 is 0 Å². The second-order valence-electron chi connectivity index (χ2n) is 5.11. The number of anilines is 1. The lowest BCUT2D eigenvalue weighted by Gasteiger charge is -2.20. The smallest absolute Gasteiger partial charge is 0.236 e. The highest BCUT2D eigenvalue weighted by Gasteiger charge is 2.19. The van der Waals surface area contributed by atoms with E-state index in [1.165, 1.54) is 15.3 Å². The van der Waals surface area contributed by atoms with Crippen LogP contribution in [0.4, 0.5) is 5.69 Å². The van der Waals surface area contributed by atoms with Crippen LogP contribution in [0.25, 0.3) is 0 Å². The summed E-state index contributed by atoms with van der Waals surface area (Å²) >= 11 is 0. The zero-order chi connectivity index (χ0) is 15.5. The Morgan fingerprint density at radius 2 is 2.10 bits per heavy atom. The van der Waals surface area contributed by atoms with Crippen molar-refractivity contribution in [1.29, 1.82) is 0 Å². The SMILES string of the molecule is CC(C)c1cccc(N(C)S(=O)(=O)CCn2cnnn2)c1. The van der Waals surface area contributed by atoms with E-state index in [0.29, 0.717) is 11.6 Å². The molecule has 1 heterocycles. The Balaban J connectivity index is 2.13. The summed E-state index contributed by atoms with van der Waals surface area (Å²) in [4.78, 5) is 0. The van der Waals surface area contributed by atoms with Crippen molar-refractivity contribution in [3.05, 3.63) is 36.2 Å². The number of aryl methyl sites for hydroxylation is 1. The number of benzene rings is 1. The third-order valence-corrected chi connectivity index (χ3v) is 5.03. The Hall–Kier alpha value is -1.96. The maximum Gasteiger partial charge on any atom is 0.236 e. The average molecular weight is 309 g/mol. The van der Waals surface area contributed by atoms with Gasteiger partial charge in [-0.15, -0.1) is 5.10 Å². The van der Waals surface area contributed by atoms with E-state index in [1.54, 1.807) is 13.1 Å². The van der Waals surface area contributed by atoms with Crippen LogP contribution in [0.15, 0.2) is 30.6 Å². The molecule has 0 saturated heterocycles. The van der Waals surface area contributed by atoms with Gasteiger partial charge >= 0.3 is 0 Å². The minimum atomic E-state index is -3.41. The van der Waals surface area contributed by atoms with E-state index in [0.717, 1.165) is 5.56 Å². The molecule has 8 heteroatoms. The molecule has 0 amide bonds. The first-order chi connectivity index (χ1) is 9.90. The van der Waals surface area contributed by atoms with Crippen molar-refractivity contribution < 1.29 is 8.42 Å². The monoisotopic (exact) mass is 309 g/mol. The molecule has 0 unspecified atom stereocenters. The number of hydrogen-bond acceptors (Lipinski definition) is 5. The first-order valence-electron chi connectivity index (χ1n) is 6.67. The van der Waals surface area contributed by atoms with Gasteiger partial charge in [-0.05, 0) is 34.0 Å². The topological polar surface area (TPSA) is 81.0 Å². The summed E-state index contributed by atoms with van der Waals surface area (Å²) in [6.07, 6.45) is 1.40. The van der Waals surface area contributed by atoms with Crippen LogP contribution < -0.4 is 4.31 Å². The lowest BCUT2D eigenvalue weighted by atomic mass is 10.0. The Morgan fingerprint density at radius 1 is 1.33 bits per heavy atom. The molecule has 21 heavy (non-hydrogen) atoms. The van der Waals surface area contributed by atoms with E-state index in [9.17, 15) is 8.42 Å². The molecular formula is C13H19N5O2S. The van der Waals surface area contributed by atoms with Crippen molar-refractivity contribution >= 4 is 15.7 Å². The van der Waals surface area contributed by atoms with Gasteiger partial charge in [-0.1, -0.05) is 26.0 Å². The number of aromatic nitrogens is 4. The quantitative estimate of drug-likeness (QED) is 0.802. The van der Waals surface area contributed by atoms with Crippen molar-refractivity contribution in [2.45, 2.75) is 26.3 Å². The molecule has 2 aromatic rings. The fourth-order valence-electron chi connectivity index (χ4n) is 1.87. The van der Waals surface area contributed by atoms with Crippen molar-refractivity contribution in [2.75, 3.05) is 17.1 Å². The third-order valence-electron chi connectivity index (χ3n) is 3.29. The van der Waals surface area contributed by atoms with Gasteiger partial charge in [0.15, 0.2) is 0 Å². The largest absolute Gasteiger partial charge is 0.273 e. The van der Waals surface area contributed by atoms with E-state index in [4.69, 9.17) is 0 Å². The normalized spacial score (nSPS) is 11.8. The van der Waals surface area contributed by atoms with E-state index < -0.39 is 10.0 Å². The van der Waals surface area contributed by atoms with Gasteiger partial charge in [-0.3, -0.25) is 4.31 Å². The van der Waals surface area contributed by atoms with Crippen LogP contribution in [0.1, 0.15) is 25.3 Å². The Morgan fingerprint density at radius 3 is 2.71 bits per heavy atom. The highest BCUT2D eigenvalue weighted by atomic mass is 32.2. The van der Waals surface area contributed by atoms with Crippen molar-refractivity contribution in [3.63, 3.8) is 0 Å². The van der Waals surface area contributed by atoms with Crippen LogP contribution in [0.5, 0.6) is 0 Å². The molecule has 1 aromatic carbocycles. The fourth-order valence-corrected chi connectivity index (χ4v) is 3.00. The molecule has 1 aromatic heterocycles. The predicted octanol–water partition coefficient (Wildman–Crippen LogP) is 1.26. The average Bonchev–Trinajstić information content (AvgIpc) is 2.98. The molecular weight excluding hydrogens is 290 g/mol. The van der Waals surface area contributed by atoms with Gasteiger partial charge in [-0.25, -0.2) is 13.1 Å². The Labute approximate surface area is 124 Å². The predicted molar refractivity (Wildman–Crippen MR) is 80.5 cm³/mol. The molecule has 0 aliphatic rings. The Kier molecular flexibility index (Phi) is 4.56. The van der Waals surface area contributed by atoms with Gasteiger partial charge in [0.05, 0.1) is 18.0 Å². The van der Waals surface area contributed by atoms with Gasteiger partial charge in [0.2, 0.25) is 10.0 Å². The molecule has 2 rings (SSSR count). The zero-order valence-corrected chi connectivity index (χ0v) is 13.2. The molecule has 0 aliphatic heterocycles. The molecule has 0 atom stereocenters. The highest BCUT2D eigenvalue weighted by molar-refractivity contribution is 7.92. The molecule has 7 nitrogen and oxygen atoms in total. The van der Waals surface area contributed by atoms with Gasteiger partial charge in [0, 0.05) is 7.05 Å². The molecule has 0 saturated carbocycles. The number of sulfonamides is 1. The van der Waals surface area contributed by atoms with Gasteiger partial charge in [0.1, 0.15) is 6.33 Å². The van der Waals surface area contributed by atoms with Crippen molar-refractivity contribution in [3.8, 4) is 0 Å². The Bertz CT molecular complexity index is 682. The molecule has 0 bridgehead atoms. The first kappa shape index (κ1) is 15.4. The maximum absolute atomic E-state index is 12.4. The van der Waals surface area contributed by atoms with E-state index in [-0.39, 0.29) is 12.3 Å². The van der Waals surface area contributed by atoms with Gasteiger partial charge in [-0.2, -0.15) is 0 Å². The zero-order valence-electron chi connectivity index (χ0n) is 12.3. The highest BCUT2D eigenvalue weighted by Crippen LogP contribution is 2.22. The van der Waals surface area contributed by atoms with Crippen LogP contribution in [0, 0.1) is 0 Å². The fraction of sp³-hybridized carbons (Fsp3) is 0.462. The number of nitrogens with zero attached hydrogens (tertiary/aromatic N) is 5. The summed E-state index contributed by atoms with van der Waals surface area (Å²) in [5.41, 5.74) is 1.77. The minimum absolute atomic E-state index is 0.0551. The number of tetrazole rings is 1. The van der Waals surface area contributed by atoms with Crippen molar-refractivity contribution in [2.24, 2.45) is 0 Å². The van der Waals surface area contributed by atoms with E-state index in [2.05, 4.69) is 29.4 Å². The van der Waals surface area contributed by atoms with E-state index in [1.807, 2.05) is 18.2 Å². The number of rotatable bonds is 6. The summed E-state index contributed by atoms with van der Waals surface area (Å²) in [6.45, 7) is 4.38. The van der Waals surface area contributed by atoms with Crippen LogP contribution in [-0.2, 0) is 16.6 Å². The summed E-state index contributed by atoms with van der Waals surface area (Å²) in [7, 11) is -1.85. The summed E-state index contributed by atoms with van der Waals surface area (Å²) in [6, 6.07) is 7.56. The van der Waals surface area contributed by atoms with E-state index >= 15 is 0 Å². The van der Waals surface area contributed by atoms with Crippen LogP contribution in [0.3, 0.4) is 0 Å². The van der Waals surface area contributed by atoms with Crippen LogP contribution in [-0.4, -0.2) is 41.4 Å². The molecule has 0 aliphatic carbocycles. The molecule has 0 spiro atoms. The maximum atomic E-state index is 12.4. The molecule has 114 valence electrons. The number of hydrogen-bond donors (Lipinski definition) is 0.